The van der Waals surface area contributed by atoms with E-state index < -0.39 is 0 Å². The van der Waals surface area contributed by atoms with E-state index in [9.17, 15) is 0 Å². The summed E-state index contributed by atoms with van der Waals surface area (Å²) in [5, 5.41) is 15.2. The Kier molecular flexibility index (Phi) is 8.94. The Bertz CT molecular complexity index is 633. The van der Waals surface area contributed by atoms with Gasteiger partial charge in [-0.2, -0.15) is 0 Å². The minimum atomic E-state index is -0.119. The predicted molar refractivity (Wildman–Crippen MR) is 118 cm³/mol. The van der Waals surface area contributed by atoms with E-state index in [0.717, 1.165) is 43.6 Å². The Morgan fingerprint density at radius 2 is 2.00 bits per heavy atom. The molecule has 1 aromatic rings. The first-order valence-corrected chi connectivity index (χ1v) is 9.19. The number of aromatic nitrogens is 3. The topological polar surface area (TPSA) is 85.6 Å². The zero-order chi connectivity index (χ0) is 19.4. The van der Waals surface area contributed by atoms with Gasteiger partial charge in [0, 0.05) is 45.9 Å². The molecule has 156 valence electrons. The van der Waals surface area contributed by atoms with Crippen LogP contribution in [0.1, 0.15) is 45.3 Å². The number of guanidine groups is 1. The summed E-state index contributed by atoms with van der Waals surface area (Å²) in [5.41, 5.74) is -0.107. The van der Waals surface area contributed by atoms with Gasteiger partial charge in [-0.1, -0.05) is 13.8 Å². The normalized spacial score (nSPS) is 24.1. The minimum Gasteiger partial charge on any atom is -0.385 e. The molecule has 1 aliphatic rings. The molecular formula is C18H35IN6O2. The number of methoxy groups -OCH3 is 2. The van der Waals surface area contributed by atoms with Gasteiger partial charge < -0.3 is 24.7 Å². The Balaban J connectivity index is 0.00000364. The number of aliphatic imine (C=N–C) groups is 1. The van der Waals surface area contributed by atoms with E-state index in [2.05, 4.69) is 41.6 Å². The Morgan fingerprint density at radius 1 is 1.30 bits per heavy atom. The molecule has 1 aliphatic carbocycles. The molecule has 8 nitrogen and oxygen atoms in total. The number of nitrogens with zero attached hydrogens (tertiary/aromatic N) is 4. The number of nitrogens with one attached hydrogen (secondary N) is 2. The van der Waals surface area contributed by atoms with E-state index in [-0.39, 0.29) is 35.0 Å². The lowest BCUT2D eigenvalue weighted by molar-refractivity contribution is -0.176. The molecule has 1 heterocycles. The van der Waals surface area contributed by atoms with Crippen LogP contribution in [-0.4, -0.2) is 59.7 Å². The highest BCUT2D eigenvalue weighted by atomic mass is 127. The van der Waals surface area contributed by atoms with Gasteiger partial charge in [-0.15, -0.1) is 34.2 Å². The quantitative estimate of drug-likeness (QED) is 0.249. The van der Waals surface area contributed by atoms with Gasteiger partial charge in [-0.25, -0.2) is 4.99 Å². The average molecular weight is 494 g/mol. The maximum Gasteiger partial charge on any atom is 0.191 e. The summed E-state index contributed by atoms with van der Waals surface area (Å²) in [6.45, 7) is 10.6. The van der Waals surface area contributed by atoms with Crippen molar-refractivity contribution in [1.29, 1.82) is 0 Å². The zero-order valence-corrected chi connectivity index (χ0v) is 20.0. The van der Waals surface area contributed by atoms with Crippen molar-refractivity contribution in [1.82, 2.24) is 25.4 Å². The molecule has 2 atom stereocenters. The second kappa shape index (κ2) is 10.0. The van der Waals surface area contributed by atoms with E-state index in [1.54, 1.807) is 14.2 Å². The van der Waals surface area contributed by atoms with Crippen LogP contribution in [0.5, 0.6) is 0 Å². The molecule has 0 saturated heterocycles. The Hall–Kier alpha value is -0.940. The van der Waals surface area contributed by atoms with Crippen LogP contribution < -0.4 is 10.6 Å². The maximum absolute atomic E-state index is 5.72. The number of halogens is 1. The molecule has 1 fully saturated rings. The number of ether oxygens (including phenoxy) is 2. The molecule has 2 rings (SSSR count). The molecule has 0 amide bonds. The summed E-state index contributed by atoms with van der Waals surface area (Å²) in [6.07, 6.45) is 1.86. The van der Waals surface area contributed by atoms with Crippen LogP contribution in [0.3, 0.4) is 0 Å². The van der Waals surface area contributed by atoms with Gasteiger partial charge in [-0.3, -0.25) is 0 Å². The summed E-state index contributed by atoms with van der Waals surface area (Å²) in [4.78, 5) is 4.72. The molecular weight excluding hydrogens is 459 g/mol. The van der Waals surface area contributed by atoms with Crippen LogP contribution in [-0.2, 0) is 23.1 Å². The van der Waals surface area contributed by atoms with Gasteiger partial charge in [0.25, 0.3) is 0 Å². The van der Waals surface area contributed by atoms with Gasteiger partial charge in [0.1, 0.15) is 12.4 Å². The number of rotatable bonds is 8. The van der Waals surface area contributed by atoms with Gasteiger partial charge in [0.15, 0.2) is 11.8 Å². The molecule has 2 N–H and O–H groups in total. The summed E-state index contributed by atoms with van der Waals surface area (Å²) < 4.78 is 12.8. The third kappa shape index (κ3) is 5.32. The molecule has 0 spiro atoms. The van der Waals surface area contributed by atoms with Gasteiger partial charge in [-0.05, 0) is 26.7 Å². The largest absolute Gasteiger partial charge is 0.385 e. The lowest BCUT2D eigenvalue weighted by Gasteiger charge is -2.59. The van der Waals surface area contributed by atoms with Crippen LogP contribution >= 0.6 is 24.0 Å². The maximum atomic E-state index is 5.72. The lowest BCUT2D eigenvalue weighted by Crippen LogP contribution is -2.69. The van der Waals surface area contributed by atoms with Gasteiger partial charge in [0.2, 0.25) is 0 Å². The highest BCUT2D eigenvalue weighted by Crippen LogP contribution is 2.51. The lowest BCUT2D eigenvalue weighted by atomic mass is 9.56. The smallest absolute Gasteiger partial charge is 0.191 e. The first-order chi connectivity index (χ1) is 12.2. The van der Waals surface area contributed by atoms with Crippen LogP contribution in [0.4, 0.5) is 0 Å². The molecule has 0 radical (unpaired) electrons. The second-order valence-electron chi connectivity index (χ2n) is 7.72. The first kappa shape index (κ1) is 24.1. The van der Waals surface area contributed by atoms with Crippen molar-refractivity contribution >= 4 is 29.9 Å². The van der Waals surface area contributed by atoms with Crippen LogP contribution in [0, 0.1) is 12.3 Å². The third-order valence-corrected chi connectivity index (χ3v) is 5.97. The van der Waals surface area contributed by atoms with E-state index in [1.165, 1.54) is 0 Å². The molecule has 2 unspecified atom stereocenters. The van der Waals surface area contributed by atoms with Crippen molar-refractivity contribution in [3.63, 3.8) is 0 Å². The van der Waals surface area contributed by atoms with Gasteiger partial charge in [0.05, 0.1) is 5.60 Å². The Morgan fingerprint density at radius 3 is 2.52 bits per heavy atom. The predicted octanol–water partition coefficient (Wildman–Crippen LogP) is 2.02. The molecule has 1 saturated carbocycles. The van der Waals surface area contributed by atoms with Crippen molar-refractivity contribution in [2.75, 3.05) is 27.4 Å². The molecule has 0 bridgehead atoms. The molecule has 9 heteroatoms. The highest BCUT2D eigenvalue weighted by Gasteiger charge is 2.58. The summed E-state index contributed by atoms with van der Waals surface area (Å²) in [7, 11) is 5.46. The molecule has 0 aromatic carbocycles. The van der Waals surface area contributed by atoms with E-state index in [0.29, 0.717) is 12.6 Å². The summed E-state index contributed by atoms with van der Waals surface area (Å²) >= 11 is 0. The number of aryl methyl sites for hydroxylation is 1. The van der Waals surface area contributed by atoms with E-state index >= 15 is 0 Å². The standard InChI is InChI=1S/C18H34N6O2.HI/c1-13-22-23-15(24(13)5)12-20-16(19-9-8-10-25-6)21-14-11-18(4,26-7)17(14,2)3;/h14H,8-12H2,1-7H3,(H2,19,20,21);1H. The monoisotopic (exact) mass is 494 g/mol. The fraction of sp³-hybridized carbons (Fsp3) is 0.833. The van der Waals surface area contributed by atoms with Crippen LogP contribution in [0.2, 0.25) is 0 Å². The average Bonchev–Trinajstić information content (AvgIpc) is 2.93. The zero-order valence-electron chi connectivity index (χ0n) is 17.6. The fourth-order valence-corrected chi connectivity index (χ4v) is 3.20. The van der Waals surface area contributed by atoms with Crippen molar-refractivity contribution in [2.45, 2.75) is 58.7 Å². The highest BCUT2D eigenvalue weighted by molar-refractivity contribution is 14.0. The summed E-state index contributed by atoms with van der Waals surface area (Å²) in [6, 6.07) is 0.294. The molecule has 27 heavy (non-hydrogen) atoms. The SMILES string of the molecule is COCCCNC(=NCc1nnc(C)n1C)NC1CC(C)(OC)C1(C)C.I. The van der Waals surface area contributed by atoms with E-state index in [1.807, 2.05) is 18.5 Å². The van der Waals surface area contributed by atoms with E-state index in [4.69, 9.17) is 14.5 Å². The van der Waals surface area contributed by atoms with Crippen molar-refractivity contribution < 1.29 is 9.47 Å². The fourth-order valence-electron chi connectivity index (χ4n) is 3.20. The Labute approximate surface area is 179 Å². The molecule has 1 aromatic heterocycles. The van der Waals surface area contributed by atoms with Crippen molar-refractivity contribution in [3.8, 4) is 0 Å². The summed E-state index contributed by atoms with van der Waals surface area (Å²) in [5.74, 6) is 2.52. The second-order valence-corrected chi connectivity index (χ2v) is 7.72. The minimum absolute atomic E-state index is 0. The van der Waals surface area contributed by atoms with Gasteiger partial charge >= 0.3 is 0 Å². The van der Waals surface area contributed by atoms with Crippen LogP contribution in [0.25, 0.3) is 0 Å². The molecule has 0 aliphatic heterocycles. The number of hydrogen-bond donors (Lipinski definition) is 2. The van der Waals surface area contributed by atoms with Crippen molar-refractivity contribution in [3.05, 3.63) is 11.6 Å². The first-order valence-electron chi connectivity index (χ1n) is 9.19. The van der Waals surface area contributed by atoms with Crippen molar-refractivity contribution in [2.24, 2.45) is 17.5 Å². The van der Waals surface area contributed by atoms with Crippen LogP contribution in [0.15, 0.2) is 4.99 Å². The number of hydrogen-bond acceptors (Lipinski definition) is 5. The third-order valence-electron chi connectivity index (χ3n) is 5.97.